The van der Waals surface area contributed by atoms with Crippen LogP contribution in [0.1, 0.15) is 22.8 Å². The molecule has 2 aromatic rings. The monoisotopic (exact) mass is 383 g/mol. The Hall–Kier alpha value is -4.01. The standard InChI is InChI=1S/C19H17N3O6/c1-12(19(25)21-15-8-6-14(7-9-15)18(20)24)28-17(23)10-5-13-3-2-4-16(11-13)22(26)27/h2-12H,1H3,(H2,20,24)(H,21,25)/b10-5+/t12-/m0/s1. The summed E-state index contributed by atoms with van der Waals surface area (Å²) in [6.07, 6.45) is 1.34. The van der Waals surface area contributed by atoms with Crippen LogP contribution in [-0.2, 0) is 14.3 Å². The van der Waals surface area contributed by atoms with Gasteiger partial charge in [-0.25, -0.2) is 4.79 Å². The number of non-ortho nitro benzene ring substituents is 1. The summed E-state index contributed by atoms with van der Waals surface area (Å²) >= 11 is 0. The number of anilines is 1. The average molecular weight is 383 g/mol. The highest BCUT2D eigenvalue weighted by Crippen LogP contribution is 2.14. The molecular weight excluding hydrogens is 366 g/mol. The van der Waals surface area contributed by atoms with Gasteiger partial charge >= 0.3 is 5.97 Å². The third kappa shape index (κ3) is 5.77. The number of nitrogens with zero attached hydrogens (tertiary/aromatic N) is 1. The number of hydrogen-bond acceptors (Lipinski definition) is 6. The Labute approximate surface area is 159 Å². The molecule has 0 aliphatic heterocycles. The molecule has 0 spiro atoms. The maximum atomic E-state index is 12.1. The first kappa shape index (κ1) is 20.3. The summed E-state index contributed by atoms with van der Waals surface area (Å²) in [6.45, 7) is 1.40. The number of hydrogen-bond donors (Lipinski definition) is 2. The molecule has 0 aromatic heterocycles. The quantitative estimate of drug-likeness (QED) is 0.325. The van der Waals surface area contributed by atoms with E-state index in [1.807, 2.05) is 0 Å². The van der Waals surface area contributed by atoms with Gasteiger partial charge in [-0.1, -0.05) is 12.1 Å². The van der Waals surface area contributed by atoms with E-state index in [1.54, 1.807) is 6.07 Å². The molecule has 0 heterocycles. The van der Waals surface area contributed by atoms with Crippen molar-refractivity contribution >= 4 is 35.2 Å². The molecule has 9 nitrogen and oxygen atoms in total. The number of ether oxygens (including phenoxy) is 1. The van der Waals surface area contributed by atoms with E-state index in [9.17, 15) is 24.5 Å². The molecule has 0 radical (unpaired) electrons. The van der Waals surface area contributed by atoms with Crippen molar-refractivity contribution in [3.63, 3.8) is 0 Å². The van der Waals surface area contributed by atoms with Gasteiger partial charge in [0.2, 0.25) is 5.91 Å². The second kappa shape index (κ2) is 9.08. The molecule has 28 heavy (non-hydrogen) atoms. The lowest BCUT2D eigenvalue weighted by Gasteiger charge is -2.12. The van der Waals surface area contributed by atoms with Crippen LogP contribution in [0.3, 0.4) is 0 Å². The number of primary amides is 1. The van der Waals surface area contributed by atoms with E-state index in [2.05, 4.69) is 5.32 Å². The van der Waals surface area contributed by atoms with Crippen LogP contribution in [0.2, 0.25) is 0 Å². The van der Waals surface area contributed by atoms with Crippen LogP contribution in [0, 0.1) is 10.1 Å². The third-order valence-corrected chi connectivity index (χ3v) is 3.59. The second-order valence-corrected chi connectivity index (χ2v) is 5.70. The molecule has 0 fully saturated rings. The Morgan fingerprint density at radius 1 is 1.18 bits per heavy atom. The fourth-order valence-electron chi connectivity index (χ4n) is 2.14. The normalized spacial score (nSPS) is 11.6. The van der Waals surface area contributed by atoms with Crippen LogP contribution in [0.15, 0.2) is 54.6 Å². The van der Waals surface area contributed by atoms with Crippen molar-refractivity contribution in [1.29, 1.82) is 0 Å². The number of amides is 2. The van der Waals surface area contributed by atoms with E-state index < -0.39 is 28.8 Å². The van der Waals surface area contributed by atoms with Gasteiger partial charge in [0.05, 0.1) is 4.92 Å². The number of carbonyl (C=O) groups excluding carboxylic acids is 3. The highest BCUT2D eigenvalue weighted by atomic mass is 16.6. The number of nitrogens with one attached hydrogen (secondary N) is 1. The van der Waals surface area contributed by atoms with E-state index in [0.29, 0.717) is 16.8 Å². The van der Waals surface area contributed by atoms with Gasteiger partial charge in [-0.05, 0) is 42.8 Å². The van der Waals surface area contributed by atoms with E-state index in [4.69, 9.17) is 10.5 Å². The zero-order valence-electron chi connectivity index (χ0n) is 14.8. The Morgan fingerprint density at radius 3 is 2.46 bits per heavy atom. The summed E-state index contributed by atoms with van der Waals surface area (Å²) in [4.78, 5) is 45.1. The lowest BCUT2D eigenvalue weighted by Crippen LogP contribution is -2.29. The number of nitro groups is 1. The van der Waals surface area contributed by atoms with E-state index in [0.717, 1.165) is 6.08 Å². The van der Waals surface area contributed by atoms with Crippen molar-refractivity contribution in [1.82, 2.24) is 0 Å². The molecule has 0 aliphatic carbocycles. The first-order valence-corrected chi connectivity index (χ1v) is 8.10. The van der Waals surface area contributed by atoms with Crippen molar-refractivity contribution in [2.24, 2.45) is 5.73 Å². The second-order valence-electron chi connectivity index (χ2n) is 5.70. The summed E-state index contributed by atoms with van der Waals surface area (Å²) in [5, 5.41) is 13.3. The Bertz CT molecular complexity index is 937. The predicted molar refractivity (Wildman–Crippen MR) is 101 cm³/mol. The van der Waals surface area contributed by atoms with Crippen LogP contribution in [-0.4, -0.2) is 28.8 Å². The SMILES string of the molecule is C[C@H](OC(=O)/C=C/c1cccc([N+](=O)[O-])c1)C(=O)Nc1ccc(C(N)=O)cc1. The summed E-state index contributed by atoms with van der Waals surface area (Å²) in [7, 11) is 0. The van der Waals surface area contributed by atoms with Gasteiger partial charge in [0.1, 0.15) is 0 Å². The third-order valence-electron chi connectivity index (χ3n) is 3.59. The summed E-state index contributed by atoms with van der Waals surface area (Å²) in [6, 6.07) is 11.6. The Morgan fingerprint density at radius 2 is 1.86 bits per heavy atom. The first-order valence-electron chi connectivity index (χ1n) is 8.10. The fraction of sp³-hybridized carbons (Fsp3) is 0.105. The predicted octanol–water partition coefficient (Wildman–Crippen LogP) is 2.28. The van der Waals surface area contributed by atoms with Crippen molar-refractivity contribution in [3.8, 4) is 0 Å². The lowest BCUT2D eigenvalue weighted by molar-refractivity contribution is -0.384. The molecule has 0 bridgehead atoms. The highest BCUT2D eigenvalue weighted by Gasteiger charge is 2.17. The van der Waals surface area contributed by atoms with E-state index in [-0.39, 0.29) is 5.69 Å². The maximum Gasteiger partial charge on any atom is 0.331 e. The van der Waals surface area contributed by atoms with Crippen molar-refractivity contribution in [2.75, 3.05) is 5.32 Å². The van der Waals surface area contributed by atoms with Gasteiger partial charge in [0, 0.05) is 29.5 Å². The minimum atomic E-state index is -1.09. The topological polar surface area (TPSA) is 142 Å². The van der Waals surface area contributed by atoms with Gasteiger partial charge in [0.25, 0.3) is 11.6 Å². The first-order chi connectivity index (χ1) is 13.3. The molecule has 0 unspecified atom stereocenters. The Balaban J connectivity index is 1.92. The number of benzene rings is 2. The molecule has 144 valence electrons. The maximum absolute atomic E-state index is 12.1. The minimum absolute atomic E-state index is 0.106. The number of esters is 1. The van der Waals surface area contributed by atoms with Gasteiger partial charge in [-0.2, -0.15) is 0 Å². The lowest BCUT2D eigenvalue weighted by atomic mass is 10.2. The fourth-order valence-corrected chi connectivity index (χ4v) is 2.14. The van der Waals surface area contributed by atoms with Crippen LogP contribution in [0.4, 0.5) is 11.4 Å². The zero-order chi connectivity index (χ0) is 20.7. The van der Waals surface area contributed by atoms with Gasteiger partial charge in [-0.3, -0.25) is 19.7 Å². The summed E-state index contributed by atoms with van der Waals surface area (Å²) < 4.78 is 5.00. The van der Waals surface area contributed by atoms with Crippen molar-refractivity contribution in [2.45, 2.75) is 13.0 Å². The van der Waals surface area contributed by atoms with Crippen molar-refractivity contribution in [3.05, 3.63) is 75.8 Å². The largest absolute Gasteiger partial charge is 0.449 e. The van der Waals surface area contributed by atoms with Gasteiger partial charge < -0.3 is 15.8 Å². The number of nitro benzene ring substituents is 1. The summed E-state index contributed by atoms with van der Waals surface area (Å²) in [5.41, 5.74) is 6.18. The van der Waals surface area contributed by atoms with Gasteiger partial charge in [-0.15, -0.1) is 0 Å². The molecule has 0 saturated heterocycles. The average Bonchev–Trinajstić information content (AvgIpc) is 2.67. The van der Waals surface area contributed by atoms with Gasteiger partial charge in [0.15, 0.2) is 6.10 Å². The van der Waals surface area contributed by atoms with E-state index in [1.165, 1.54) is 55.5 Å². The van der Waals surface area contributed by atoms with Crippen LogP contribution in [0.5, 0.6) is 0 Å². The van der Waals surface area contributed by atoms with Crippen LogP contribution >= 0.6 is 0 Å². The molecule has 0 saturated carbocycles. The minimum Gasteiger partial charge on any atom is -0.449 e. The highest BCUT2D eigenvalue weighted by molar-refractivity contribution is 5.97. The smallest absolute Gasteiger partial charge is 0.331 e. The molecule has 2 rings (SSSR count). The Kier molecular flexibility index (Phi) is 6.58. The zero-order valence-corrected chi connectivity index (χ0v) is 14.8. The van der Waals surface area contributed by atoms with E-state index >= 15 is 0 Å². The molecule has 2 aromatic carbocycles. The molecule has 1 atom stereocenters. The number of nitrogens with two attached hydrogens (primary N) is 1. The molecule has 9 heteroatoms. The van der Waals surface area contributed by atoms with Crippen LogP contribution < -0.4 is 11.1 Å². The molecule has 3 N–H and O–H groups in total. The molecule has 0 aliphatic rings. The molecule has 2 amide bonds. The number of carbonyl (C=O) groups is 3. The summed E-state index contributed by atoms with van der Waals surface area (Å²) in [5.74, 6) is -1.93. The molecular formula is C19H17N3O6. The van der Waals surface area contributed by atoms with Crippen LogP contribution in [0.25, 0.3) is 6.08 Å². The number of rotatable bonds is 7. The van der Waals surface area contributed by atoms with Crippen molar-refractivity contribution < 1.29 is 24.0 Å².